The second-order valence-electron chi connectivity index (χ2n) is 8.27. The molecule has 2 aromatic rings. The van der Waals surface area contributed by atoms with Crippen LogP contribution in [0.2, 0.25) is 0 Å². The molecule has 6 nitrogen and oxygen atoms in total. The van der Waals surface area contributed by atoms with Crippen LogP contribution in [-0.2, 0) is 9.53 Å². The van der Waals surface area contributed by atoms with Crippen molar-refractivity contribution >= 4 is 28.2 Å². The molecule has 2 aromatic heterocycles. The average Bonchev–Trinajstić information content (AvgIpc) is 3.23. The van der Waals surface area contributed by atoms with Gasteiger partial charge in [0.25, 0.3) is 0 Å². The summed E-state index contributed by atoms with van der Waals surface area (Å²) in [7, 11) is 0. The number of hydrogen-bond donors (Lipinski definition) is 1. The third-order valence-electron chi connectivity index (χ3n) is 5.76. The summed E-state index contributed by atoms with van der Waals surface area (Å²) in [6.45, 7) is 6.15. The van der Waals surface area contributed by atoms with Gasteiger partial charge in [0.2, 0.25) is 5.91 Å². The predicted molar refractivity (Wildman–Crippen MR) is 116 cm³/mol. The number of pyridine rings is 1. The van der Waals surface area contributed by atoms with Crippen LogP contribution >= 0.6 is 11.3 Å². The normalized spacial score (nSPS) is 20.8. The highest BCUT2D eigenvalue weighted by Gasteiger charge is 2.31. The van der Waals surface area contributed by atoms with Crippen molar-refractivity contribution in [3.63, 3.8) is 0 Å². The van der Waals surface area contributed by atoms with Crippen LogP contribution in [0.3, 0.4) is 0 Å². The molecule has 156 valence electrons. The van der Waals surface area contributed by atoms with Crippen LogP contribution in [0.15, 0.2) is 24.4 Å². The van der Waals surface area contributed by atoms with E-state index in [1.54, 1.807) is 11.3 Å². The summed E-state index contributed by atoms with van der Waals surface area (Å²) in [4.78, 5) is 25.4. The van der Waals surface area contributed by atoms with E-state index in [2.05, 4.69) is 24.1 Å². The number of anilines is 2. The number of amides is 1. The van der Waals surface area contributed by atoms with E-state index < -0.39 is 0 Å². The Hall–Kier alpha value is -1.99. The molecular weight excluding hydrogens is 384 g/mol. The molecule has 1 N–H and O–H groups in total. The molecule has 29 heavy (non-hydrogen) atoms. The molecule has 0 radical (unpaired) electrons. The Morgan fingerprint density at radius 3 is 2.86 bits per heavy atom. The van der Waals surface area contributed by atoms with E-state index >= 15 is 0 Å². The van der Waals surface area contributed by atoms with Gasteiger partial charge in [0.15, 0.2) is 5.13 Å². The van der Waals surface area contributed by atoms with Gasteiger partial charge in [-0.05, 0) is 30.9 Å². The quantitative estimate of drug-likeness (QED) is 0.755. The molecular formula is C22H30N4O2S. The van der Waals surface area contributed by atoms with Gasteiger partial charge >= 0.3 is 0 Å². The molecule has 1 aliphatic heterocycles. The standard InChI is InChI=1S/C22H30N4O2S/c1-15(2)19-13-23-22(29-19)25-20-10-6-9-17(24-20)18-14-26(11-12-28-18)21(27)16-7-4-3-5-8-16/h6,9-10,13,15-16,18H,3-5,7-8,11-12,14H2,1-2H3,(H,23,24,25). The summed E-state index contributed by atoms with van der Waals surface area (Å²) < 4.78 is 5.98. The first-order valence-corrected chi connectivity index (χ1v) is 11.5. The fraction of sp³-hybridized carbons (Fsp3) is 0.591. The van der Waals surface area contributed by atoms with Gasteiger partial charge in [0.1, 0.15) is 11.9 Å². The Labute approximate surface area is 176 Å². The minimum absolute atomic E-state index is 0.180. The summed E-state index contributed by atoms with van der Waals surface area (Å²) in [5, 5.41) is 4.15. The lowest BCUT2D eigenvalue weighted by Gasteiger charge is -2.35. The maximum atomic E-state index is 12.9. The zero-order valence-corrected chi connectivity index (χ0v) is 18.1. The van der Waals surface area contributed by atoms with Crippen molar-refractivity contribution in [2.45, 2.75) is 58.0 Å². The fourth-order valence-corrected chi connectivity index (χ4v) is 4.88. The van der Waals surface area contributed by atoms with Gasteiger partial charge < -0.3 is 15.0 Å². The van der Waals surface area contributed by atoms with Crippen molar-refractivity contribution in [3.8, 4) is 0 Å². The summed E-state index contributed by atoms with van der Waals surface area (Å²) in [6, 6.07) is 5.90. The number of aromatic nitrogens is 2. The Morgan fingerprint density at radius 2 is 2.10 bits per heavy atom. The maximum Gasteiger partial charge on any atom is 0.225 e. The number of carbonyl (C=O) groups excluding carboxylic acids is 1. The third-order valence-corrected chi connectivity index (χ3v) is 6.97. The fourth-order valence-electron chi connectivity index (χ4n) is 4.06. The van der Waals surface area contributed by atoms with Crippen molar-refractivity contribution in [1.82, 2.24) is 14.9 Å². The van der Waals surface area contributed by atoms with Gasteiger partial charge in [-0.2, -0.15) is 0 Å². The van der Waals surface area contributed by atoms with Crippen LogP contribution < -0.4 is 5.32 Å². The van der Waals surface area contributed by atoms with Gasteiger partial charge in [0, 0.05) is 23.5 Å². The number of hydrogen-bond acceptors (Lipinski definition) is 6. The van der Waals surface area contributed by atoms with E-state index in [0.29, 0.717) is 31.5 Å². The summed E-state index contributed by atoms with van der Waals surface area (Å²) in [6.07, 6.45) is 7.41. The Kier molecular flexibility index (Phi) is 6.45. The van der Waals surface area contributed by atoms with E-state index in [1.807, 2.05) is 29.3 Å². The SMILES string of the molecule is CC(C)c1cnc(Nc2cccc(C3CN(C(=O)C4CCCCC4)CCO3)n2)s1. The van der Waals surface area contributed by atoms with E-state index in [-0.39, 0.29) is 12.0 Å². The monoisotopic (exact) mass is 414 g/mol. The number of nitrogens with one attached hydrogen (secondary N) is 1. The molecule has 1 unspecified atom stereocenters. The van der Waals surface area contributed by atoms with Gasteiger partial charge in [-0.3, -0.25) is 4.79 Å². The minimum atomic E-state index is -0.180. The van der Waals surface area contributed by atoms with E-state index in [9.17, 15) is 4.79 Å². The van der Waals surface area contributed by atoms with Gasteiger partial charge in [-0.1, -0.05) is 39.2 Å². The van der Waals surface area contributed by atoms with E-state index in [0.717, 1.165) is 29.5 Å². The van der Waals surface area contributed by atoms with Crippen LogP contribution in [0.5, 0.6) is 0 Å². The molecule has 3 heterocycles. The van der Waals surface area contributed by atoms with Crippen molar-refractivity contribution in [2.24, 2.45) is 5.92 Å². The lowest BCUT2D eigenvalue weighted by molar-refractivity contribution is -0.144. The number of ether oxygens (including phenoxy) is 1. The molecule has 1 atom stereocenters. The molecule has 1 saturated heterocycles. The molecule has 1 saturated carbocycles. The number of carbonyl (C=O) groups is 1. The Morgan fingerprint density at radius 1 is 1.28 bits per heavy atom. The summed E-state index contributed by atoms with van der Waals surface area (Å²) in [5.41, 5.74) is 0.858. The number of morpholine rings is 1. The van der Waals surface area contributed by atoms with Gasteiger partial charge in [-0.25, -0.2) is 9.97 Å². The van der Waals surface area contributed by atoms with Gasteiger partial charge in [-0.15, -0.1) is 11.3 Å². The molecule has 1 aliphatic carbocycles. The van der Waals surface area contributed by atoms with Gasteiger partial charge in [0.05, 0.1) is 18.8 Å². The number of thiazole rings is 1. The molecule has 0 aromatic carbocycles. The first kappa shape index (κ1) is 20.3. The second-order valence-corrected chi connectivity index (χ2v) is 9.34. The zero-order valence-electron chi connectivity index (χ0n) is 17.3. The summed E-state index contributed by atoms with van der Waals surface area (Å²) >= 11 is 1.65. The van der Waals surface area contributed by atoms with Crippen LogP contribution in [0.1, 0.15) is 68.5 Å². The maximum absolute atomic E-state index is 12.9. The third kappa shape index (κ3) is 4.95. The van der Waals surface area contributed by atoms with Crippen molar-refractivity contribution in [3.05, 3.63) is 35.0 Å². The highest BCUT2D eigenvalue weighted by atomic mass is 32.1. The molecule has 0 bridgehead atoms. The topological polar surface area (TPSA) is 67.4 Å². The first-order valence-electron chi connectivity index (χ1n) is 10.7. The highest BCUT2D eigenvalue weighted by molar-refractivity contribution is 7.15. The van der Waals surface area contributed by atoms with Crippen molar-refractivity contribution in [1.29, 1.82) is 0 Å². The summed E-state index contributed by atoms with van der Waals surface area (Å²) in [5.74, 6) is 1.72. The lowest BCUT2D eigenvalue weighted by Crippen LogP contribution is -2.45. The van der Waals surface area contributed by atoms with Crippen LogP contribution in [0.25, 0.3) is 0 Å². The largest absolute Gasteiger partial charge is 0.368 e. The predicted octanol–water partition coefficient (Wildman–Crippen LogP) is 4.89. The number of rotatable bonds is 5. The minimum Gasteiger partial charge on any atom is -0.368 e. The Balaban J connectivity index is 1.42. The van der Waals surface area contributed by atoms with Crippen LogP contribution in [-0.4, -0.2) is 40.5 Å². The first-order chi connectivity index (χ1) is 14.1. The Bertz CT molecular complexity index is 832. The van der Waals surface area contributed by atoms with Crippen molar-refractivity contribution in [2.75, 3.05) is 25.0 Å². The van der Waals surface area contributed by atoms with Crippen LogP contribution in [0.4, 0.5) is 10.9 Å². The molecule has 0 spiro atoms. The molecule has 2 aliphatic rings. The van der Waals surface area contributed by atoms with E-state index in [4.69, 9.17) is 9.72 Å². The van der Waals surface area contributed by atoms with E-state index in [1.165, 1.54) is 24.1 Å². The lowest BCUT2D eigenvalue weighted by atomic mass is 9.88. The van der Waals surface area contributed by atoms with Crippen molar-refractivity contribution < 1.29 is 9.53 Å². The molecule has 7 heteroatoms. The molecule has 4 rings (SSSR count). The molecule has 1 amide bonds. The number of nitrogens with zero attached hydrogens (tertiary/aromatic N) is 3. The second kappa shape index (κ2) is 9.22. The highest BCUT2D eigenvalue weighted by Crippen LogP contribution is 2.30. The zero-order chi connectivity index (χ0) is 20.2. The average molecular weight is 415 g/mol. The smallest absolute Gasteiger partial charge is 0.225 e. The molecule has 2 fully saturated rings. The van der Waals surface area contributed by atoms with Crippen LogP contribution in [0, 0.1) is 5.92 Å².